The van der Waals surface area contributed by atoms with E-state index in [1.54, 1.807) is 10.7 Å². The maximum absolute atomic E-state index is 5.75. The fraction of sp³-hybridized carbons (Fsp3) is 0.300. The minimum absolute atomic E-state index is 0.431. The van der Waals surface area contributed by atoms with E-state index in [1.807, 2.05) is 20.2 Å². The largest absolute Gasteiger partial charge is 0.366 e. The van der Waals surface area contributed by atoms with Crippen LogP contribution in [0, 0.1) is 6.92 Å². The lowest BCUT2D eigenvalue weighted by atomic mass is 10.2. The summed E-state index contributed by atoms with van der Waals surface area (Å²) in [6, 6.07) is 1.69. The molecule has 0 saturated heterocycles. The summed E-state index contributed by atoms with van der Waals surface area (Å²) in [6.45, 7) is 2.65. The molecule has 2 aromatic rings. The minimum atomic E-state index is 0.431. The molecule has 0 unspecified atom stereocenters. The van der Waals surface area contributed by atoms with Crippen molar-refractivity contribution in [1.29, 1.82) is 0 Å². The fourth-order valence-corrected chi connectivity index (χ4v) is 1.59. The summed E-state index contributed by atoms with van der Waals surface area (Å²) in [5, 5.41) is 7.86. The molecule has 0 aromatic carbocycles. The van der Waals surface area contributed by atoms with E-state index in [0.29, 0.717) is 17.5 Å². The molecule has 0 spiro atoms. The van der Waals surface area contributed by atoms with Crippen molar-refractivity contribution in [2.45, 2.75) is 13.5 Å². The van der Waals surface area contributed by atoms with Crippen LogP contribution in [-0.2, 0) is 13.6 Å². The van der Waals surface area contributed by atoms with Gasteiger partial charge >= 0.3 is 0 Å². The molecule has 2 rings (SSSR count). The molecule has 0 amide bonds. The van der Waals surface area contributed by atoms with Gasteiger partial charge in [-0.05, 0) is 6.92 Å². The number of rotatable bonds is 3. The van der Waals surface area contributed by atoms with E-state index in [-0.39, 0.29) is 0 Å². The van der Waals surface area contributed by atoms with Crippen LogP contribution in [0.5, 0.6) is 0 Å². The molecule has 5 nitrogen and oxygen atoms in total. The lowest BCUT2D eigenvalue weighted by molar-refractivity contribution is 0.756. The third-order valence-corrected chi connectivity index (χ3v) is 2.42. The number of hydrogen-bond acceptors (Lipinski definition) is 4. The van der Waals surface area contributed by atoms with Crippen molar-refractivity contribution in [3.05, 3.63) is 35.0 Å². The second-order valence-electron chi connectivity index (χ2n) is 3.49. The van der Waals surface area contributed by atoms with Crippen LogP contribution in [0.1, 0.15) is 11.3 Å². The molecule has 2 heterocycles. The van der Waals surface area contributed by atoms with E-state index in [1.165, 1.54) is 6.33 Å². The van der Waals surface area contributed by atoms with Gasteiger partial charge in [0, 0.05) is 31.4 Å². The summed E-state index contributed by atoms with van der Waals surface area (Å²) in [5.41, 5.74) is 2.15. The van der Waals surface area contributed by atoms with Gasteiger partial charge in [0.25, 0.3) is 0 Å². The number of aromatic nitrogens is 4. The Morgan fingerprint density at radius 1 is 1.44 bits per heavy atom. The van der Waals surface area contributed by atoms with Gasteiger partial charge in [-0.25, -0.2) is 9.97 Å². The van der Waals surface area contributed by atoms with Crippen LogP contribution in [0.2, 0.25) is 5.15 Å². The topological polar surface area (TPSA) is 55.6 Å². The average molecular weight is 238 g/mol. The Kier molecular flexibility index (Phi) is 3.05. The van der Waals surface area contributed by atoms with Gasteiger partial charge in [0.2, 0.25) is 0 Å². The highest BCUT2D eigenvalue weighted by atomic mass is 35.5. The van der Waals surface area contributed by atoms with Gasteiger partial charge in [0.05, 0.1) is 5.69 Å². The van der Waals surface area contributed by atoms with Crippen molar-refractivity contribution < 1.29 is 0 Å². The molecule has 0 saturated carbocycles. The van der Waals surface area contributed by atoms with Crippen LogP contribution in [0.3, 0.4) is 0 Å². The standard InChI is InChI=1S/C10H12ClN5/c1-7-8(5-16(2)15-7)4-12-10-3-9(11)13-6-14-10/h3,5-6H,4H2,1-2H3,(H,12,13,14). The van der Waals surface area contributed by atoms with Gasteiger partial charge in [0.15, 0.2) is 0 Å². The Bertz CT molecular complexity index is 494. The SMILES string of the molecule is Cc1nn(C)cc1CNc1cc(Cl)ncn1. The maximum Gasteiger partial charge on any atom is 0.134 e. The summed E-state index contributed by atoms with van der Waals surface area (Å²) in [4.78, 5) is 7.87. The van der Waals surface area contributed by atoms with Crippen molar-refractivity contribution >= 4 is 17.4 Å². The molecule has 0 radical (unpaired) electrons. The molecule has 0 aliphatic carbocycles. The Hall–Kier alpha value is -1.62. The van der Waals surface area contributed by atoms with Gasteiger partial charge in [-0.2, -0.15) is 5.10 Å². The van der Waals surface area contributed by atoms with Crippen LogP contribution in [-0.4, -0.2) is 19.7 Å². The molecular weight excluding hydrogens is 226 g/mol. The Morgan fingerprint density at radius 2 is 2.25 bits per heavy atom. The molecule has 0 aliphatic rings. The highest BCUT2D eigenvalue weighted by Gasteiger charge is 2.03. The van der Waals surface area contributed by atoms with Crippen LogP contribution in [0.15, 0.2) is 18.6 Å². The first-order valence-electron chi connectivity index (χ1n) is 4.85. The molecule has 2 aromatic heterocycles. The molecule has 6 heteroatoms. The van der Waals surface area contributed by atoms with Crippen molar-refractivity contribution in [1.82, 2.24) is 19.7 Å². The number of anilines is 1. The number of hydrogen-bond donors (Lipinski definition) is 1. The molecule has 1 N–H and O–H groups in total. The zero-order chi connectivity index (χ0) is 11.5. The number of nitrogens with zero attached hydrogens (tertiary/aromatic N) is 4. The fourth-order valence-electron chi connectivity index (χ4n) is 1.44. The van der Waals surface area contributed by atoms with Crippen LogP contribution in [0.4, 0.5) is 5.82 Å². The Morgan fingerprint density at radius 3 is 2.88 bits per heavy atom. The highest BCUT2D eigenvalue weighted by Crippen LogP contribution is 2.11. The van der Waals surface area contributed by atoms with Gasteiger partial charge in [0.1, 0.15) is 17.3 Å². The second-order valence-corrected chi connectivity index (χ2v) is 3.88. The van der Waals surface area contributed by atoms with Gasteiger partial charge < -0.3 is 5.32 Å². The summed E-state index contributed by atoms with van der Waals surface area (Å²) in [7, 11) is 1.90. The Labute approximate surface area is 98.5 Å². The number of halogens is 1. The predicted molar refractivity (Wildman–Crippen MR) is 62.3 cm³/mol. The van der Waals surface area contributed by atoms with Gasteiger partial charge in [-0.15, -0.1) is 0 Å². The smallest absolute Gasteiger partial charge is 0.134 e. The molecule has 0 aliphatic heterocycles. The third-order valence-electron chi connectivity index (χ3n) is 2.21. The summed E-state index contributed by atoms with van der Waals surface area (Å²) in [6.07, 6.45) is 3.41. The van der Waals surface area contributed by atoms with Crippen molar-refractivity contribution in [2.24, 2.45) is 7.05 Å². The van der Waals surface area contributed by atoms with Crippen molar-refractivity contribution in [3.63, 3.8) is 0 Å². The highest BCUT2D eigenvalue weighted by molar-refractivity contribution is 6.29. The average Bonchev–Trinajstić information content (AvgIpc) is 2.54. The first-order valence-corrected chi connectivity index (χ1v) is 5.23. The zero-order valence-electron chi connectivity index (χ0n) is 9.11. The third kappa shape index (κ3) is 2.49. The molecule has 0 fully saturated rings. The van der Waals surface area contributed by atoms with Crippen LogP contribution in [0.25, 0.3) is 0 Å². The lowest BCUT2D eigenvalue weighted by Gasteiger charge is -2.03. The van der Waals surface area contributed by atoms with Crippen molar-refractivity contribution in [2.75, 3.05) is 5.32 Å². The second kappa shape index (κ2) is 4.49. The predicted octanol–water partition coefficient (Wildman–Crippen LogP) is 1.78. The van der Waals surface area contributed by atoms with Crippen LogP contribution >= 0.6 is 11.6 Å². The van der Waals surface area contributed by atoms with E-state index in [4.69, 9.17) is 11.6 Å². The molecule has 0 bridgehead atoms. The number of aryl methyl sites for hydroxylation is 2. The van der Waals surface area contributed by atoms with Crippen LogP contribution < -0.4 is 5.32 Å². The zero-order valence-corrected chi connectivity index (χ0v) is 9.86. The molecule has 0 atom stereocenters. The van der Waals surface area contributed by atoms with E-state index in [0.717, 1.165) is 11.3 Å². The van der Waals surface area contributed by atoms with E-state index in [2.05, 4.69) is 20.4 Å². The van der Waals surface area contributed by atoms with Gasteiger partial charge in [-0.3, -0.25) is 4.68 Å². The van der Waals surface area contributed by atoms with Crippen molar-refractivity contribution in [3.8, 4) is 0 Å². The first kappa shape index (κ1) is 10.9. The lowest BCUT2D eigenvalue weighted by Crippen LogP contribution is -2.01. The maximum atomic E-state index is 5.75. The van der Waals surface area contributed by atoms with E-state index >= 15 is 0 Å². The normalized spacial score (nSPS) is 10.4. The van der Waals surface area contributed by atoms with E-state index in [9.17, 15) is 0 Å². The Balaban J connectivity index is 2.05. The van der Waals surface area contributed by atoms with E-state index < -0.39 is 0 Å². The summed E-state index contributed by atoms with van der Waals surface area (Å²) < 4.78 is 1.79. The monoisotopic (exact) mass is 237 g/mol. The molecule has 16 heavy (non-hydrogen) atoms. The number of nitrogens with one attached hydrogen (secondary N) is 1. The van der Waals surface area contributed by atoms with Gasteiger partial charge in [-0.1, -0.05) is 11.6 Å². The summed E-state index contributed by atoms with van der Waals surface area (Å²) >= 11 is 5.75. The molecular formula is C10H12ClN5. The summed E-state index contributed by atoms with van der Waals surface area (Å²) in [5.74, 6) is 0.711. The first-order chi connectivity index (χ1) is 7.65. The minimum Gasteiger partial charge on any atom is -0.366 e. The molecule has 84 valence electrons. The quantitative estimate of drug-likeness (QED) is 0.827.